The van der Waals surface area contributed by atoms with Crippen molar-refractivity contribution in [2.75, 3.05) is 5.32 Å². The Balaban J connectivity index is 1.87. The molecule has 0 unspecified atom stereocenters. The molecule has 4 heteroatoms. The lowest BCUT2D eigenvalue weighted by Gasteiger charge is -2.12. The number of para-hydroxylation sites is 1. The van der Waals surface area contributed by atoms with Crippen LogP contribution >= 0.6 is 0 Å². The van der Waals surface area contributed by atoms with E-state index in [0.29, 0.717) is 12.1 Å². The van der Waals surface area contributed by atoms with E-state index in [1.54, 1.807) is 6.07 Å². The second kappa shape index (κ2) is 5.32. The number of rotatable bonds is 4. The number of H-pyrrole nitrogens is 1. The molecule has 1 aromatic heterocycles. The number of nitrogens with one attached hydrogen (secondary N) is 2. The first-order valence-electron chi connectivity index (χ1n) is 6.85. The molecule has 0 saturated heterocycles. The molecular formula is C17H17N3O. The quantitative estimate of drug-likeness (QED) is 0.686. The van der Waals surface area contributed by atoms with Crippen LogP contribution in [0.1, 0.15) is 21.5 Å². The molecule has 3 rings (SSSR count). The molecule has 3 aromatic rings. The average Bonchev–Trinajstić information content (AvgIpc) is 2.95. The number of carbonyl (C=O) groups excluding carboxylic acids is 1. The molecule has 0 aliphatic heterocycles. The second-order valence-electron chi connectivity index (χ2n) is 5.05. The molecule has 106 valence electrons. The van der Waals surface area contributed by atoms with Crippen LogP contribution in [0.4, 0.5) is 5.69 Å². The molecule has 4 N–H and O–H groups in total. The highest BCUT2D eigenvalue weighted by Gasteiger charge is 2.08. The van der Waals surface area contributed by atoms with Crippen molar-refractivity contribution in [2.24, 2.45) is 5.73 Å². The van der Waals surface area contributed by atoms with E-state index in [9.17, 15) is 4.79 Å². The fourth-order valence-corrected chi connectivity index (χ4v) is 2.58. The maximum absolute atomic E-state index is 11.4. The third-order valence-electron chi connectivity index (χ3n) is 3.74. The van der Waals surface area contributed by atoms with Crippen LogP contribution in [0, 0.1) is 6.92 Å². The molecule has 0 aliphatic carbocycles. The summed E-state index contributed by atoms with van der Waals surface area (Å²) in [6, 6.07) is 13.8. The summed E-state index contributed by atoms with van der Waals surface area (Å²) in [5, 5.41) is 4.57. The topological polar surface area (TPSA) is 70.9 Å². The fourth-order valence-electron chi connectivity index (χ4n) is 2.58. The van der Waals surface area contributed by atoms with Crippen LogP contribution < -0.4 is 11.1 Å². The van der Waals surface area contributed by atoms with Gasteiger partial charge in [0.25, 0.3) is 0 Å². The van der Waals surface area contributed by atoms with Crippen molar-refractivity contribution in [2.45, 2.75) is 13.5 Å². The third-order valence-corrected chi connectivity index (χ3v) is 3.74. The first kappa shape index (κ1) is 13.2. The van der Waals surface area contributed by atoms with E-state index in [-0.39, 0.29) is 0 Å². The summed E-state index contributed by atoms with van der Waals surface area (Å²) in [6.45, 7) is 2.58. The Bertz CT molecular complexity index is 805. The van der Waals surface area contributed by atoms with Gasteiger partial charge in [-0.1, -0.05) is 24.3 Å². The Morgan fingerprint density at radius 1 is 1.19 bits per heavy atom. The molecule has 0 aliphatic rings. The van der Waals surface area contributed by atoms with Crippen LogP contribution in [-0.2, 0) is 6.54 Å². The van der Waals surface area contributed by atoms with E-state index in [4.69, 9.17) is 5.73 Å². The number of nitrogens with two attached hydrogens (primary N) is 1. The summed E-state index contributed by atoms with van der Waals surface area (Å²) in [5.41, 5.74) is 10.1. The first-order valence-corrected chi connectivity index (χ1v) is 6.85. The summed E-state index contributed by atoms with van der Waals surface area (Å²) >= 11 is 0. The van der Waals surface area contributed by atoms with Gasteiger partial charge < -0.3 is 16.0 Å². The average molecular weight is 279 g/mol. The minimum Gasteiger partial charge on any atom is -0.381 e. The van der Waals surface area contributed by atoms with E-state index in [1.165, 1.54) is 10.9 Å². The summed E-state index contributed by atoms with van der Waals surface area (Å²) in [7, 11) is 0. The van der Waals surface area contributed by atoms with E-state index >= 15 is 0 Å². The molecule has 0 saturated carbocycles. The Morgan fingerprint density at radius 2 is 2.00 bits per heavy atom. The molecular weight excluding hydrogens is 262 g/mol. The van der Waals surface area contributed by atoms with Gasteiger partial charge in [0.15, 0.2) is 0 Å². The standard InChI is InChI=1S/C17H17N3O/c1-11-14(17(18)21)6-3-7-15(11)20-10-13-5-2-4-12-8-9-19-16(12)13/h2-9,19-20H,10H2,1H3,(H2,18,21). The highest BCUT2D eigenvalue weighted by molar-refractivity contribution is 5.95. The van der Waals surface area contributed by atoms with Gasteiger partial charge in [-0.3, -0.25) is 4.79 Å². The monoisotopic (exact) mass is 279 g/mol. The highest BCUT2D eigenvalue weighted by atomic mass is 16.1. The highest BCUT2D eigenvalue weighted by Crippen LogP contribution is 2.22. The van der Waals surface area contributed by atoms with Crippen molar-refractivity contribution < 1.29 is 4.79 Å². The lowest BCUT2D eigenvalue weighted by Crippen LogP contribution is -2.14. The molecule has 0 radical (unpaired) electrons. The molecule has 4 nitrogen and oxygen atoms in total. The number of aromatic amines is 1. The van der Waals surface area contributed by atoms with Crippen molar-refractivity contribution in [1.82, 2.24) is 4.98 Å². The molecule has 0 atom stereocenters. The van der Waals surface area contributed by atoms with Gasteiger partial charge in [-0.15, -0.1) is 0 Å². The molecule has 0 fully saturated rings. The van der Waals surface area contributed by atoms with Crippen LogP contribution in [0.2, 0.25) is 0 Å². The van der Waals surface area contributed by atoms with Crippen molar-refractivity contribution in [3.8, 4) is 0 Å². The predicted octanol–water partition coefficient (Wildman–Crippen LogP) is 3.19. The molecule has 0 bridgehead atoms. The van der Waals surface area contributed by atoms with Crippen LogP contribution in [0.5, 0.6) is 0 Å². The molecule has 1 heterocycles. The zero-order valence-electron chi connectivity index (χ0n) is 11.8. The van der Waals surface area contributed by atoms with E-state index in [1.807, 2.05) is 31.3 Å². The summed E-state index contributed by atoms with van der Waals surface area (Å²) < 4.78 is 0. The number of hydrogen-bond acceptors (Lipinski definition) is 2. The van der Waals surface area contributed by atoms with Gasteiger partial charge in [0.1, 0.15) is 0 Å². The predicted molar refractivity (Wildman–Crippen MR) is 85.3 cm³/mol. The number of fused-ring (bicyclic) bond motifs is 1. The van der Waals surface area contributed by atoms with E-state index < -0.39 is 5.91 Å². The Hall–Kier alpha value is -2.75. The van der Waals surface area contributed by atoms with Gasteiger partial charge in [-0.2, -0.15) is 0 Å². The molecule has 1 amide bonds. The van der Waals surface area contributed by atoms with Gasteiger partial charge in [-0.25, -0.2) is 0 Å². The van der Waals surface area contributed by atoms with Crippen LogP contribution in [0.3, 0.4) is 0 Å². The van der Waals surface area contributed by atoms with Gasteiger partial charge in [0.05, 0.1) is 5.52 Å². The smallest absolute Gasteiger partial charge is 0.249 e. The lowest BCUT2D eigenvalue weighted by atomic mass is 10.1. The molecule has 2 aromatic carbocycles. The Morgan fingerprint density at radius 3 is 2.81 bits per heavy atom. The zero-order valence-corrected chi connectivity index (χ0v) is 11.8. The van der Waals surface area contributed by atoms with Crippen LogP contribution in [0.25, 0.3) is 10.9 Å². The fraction of sp³-hybridized carbons (Fsp3) is 0.118. The summed E-state index contributed by atoms with van der Waals surface area (Å²) in [4.78, 5) is 14.6. The largest absolute Gasteiger partial charge is 0.381 e. The van der Waals surface area contributed by atoms with Crippen molar-refractivity contribution >= 4 is 22.5 Å². The molecule has 0 spiro atoms. The number of amides is 1. The Kier molecular flexibility index (Phi) is 3.36. The minimum atomic E-state index is -0.400. The SMILES string of the molecule is Cc1c(NCc2cccc3cc[nH]c23)cccc1C(N)=O. The number of hydrogen-bond donors (Lipinski definition) is 3. The second-order valence-corrected chi connectivity index (χ2v) is 5.05. The van der Waals surface area contributed by atoms with Gasteiger partial charge in [0.2, 0.25) is 5.91 Å². The maximum atomic E-state index is 11.4. The normalized spacial score (nSPS) is 10.7. The van der Waals surface area contributed by atoms with Gasteiger partial charge >= 0.3 is 0 Å². The van der Waals surface area contributed by atoms with Gasteiger partial charge in [-0.05, 0) is 41.6 Å². The summed E-state index contributed by atoms with van der Waals surface area (Å²) in [5.74, 6) is -0.400. The maximum Gasteiger partial charge on any atom is 0.249 e. The number of anilines is 1. The molecule has 21 heavy (non-hydrogen) atoms. The minimum absolute atomic E-state index is 0.400. The van der Waals surface area contributed by atoms with Gasteiger partial charge in [0, 0.05) is 24.0 Å². The zero-order chi connectivity index (χ0) is 14.8. The van der Waals surface area contributed by atoms with Crippen LogP contribution in [-0.4, -0.2) is 10.9 Å². The lowest BCUT2D eigenvalue weighted by molar-refractivity contribution is 0.1000. The van der Waals surface area contributed by atoms with Crippen molar-refractivity contribution in [1.29, 1.82) is 0 Å². The van der Waals surface area contributed by atoms with Crippen molar-refractivity contribution in [3.63, 3.8) is 0 Å². The number of carbonyl (C=O) groups is 1. The number of aromatic nitrogens is 1. The number of primary amides is 1. The number of benzene rings is 2. The Labute approximate surface area is 123 Å². The van der Waals surface area contributed by atoms with E-state index in [0.717, 1.165) is 16.8 Å². The first-order chi connectivity index (χ1) is 10.2. The summed E-state index contributed by atoms with van der Waals surface area (Å²) in [6.07, 6.45) is 1.94. The van der Waals surface area contributed by atoms with E-state index in [2.05, 4.69) is 28.5 Å². The van der Waals surface area contributed by atoms with Crippen molar-refractivity contribution in [3.05, 3.63) is 65.4 Å². The van der Waals surface area contributed by atoms with Crippen LogP contribution in [0.15, 0.2) is 48.7 Å². The third kappa shape index (κ3) is 2.48.